The molecule has 0 bridgehead atoms. The largest absolute Gasteiger partial charge is 0.304 e. The number of thiophene rings is 1. The van der Waals surface area contributed by atoms with Crippen LogP contribution in [0.25, 0.3) is 0 Å². The van der Waals surface area contributed by atoms with E-state index in [1.54, 1.807) is 17.4 Å². The Bertz CT molecular complexity index is 513. The molecule has 0 fully saturated rings. The summed E-state index contributed by atoms with van der Waals surface area (Å²) in [4.78, 5) is 0. The molecule has 2 rings (SSSR count). The highest BCUT2D eigenvalue weighted by atomic mass is 35.5. The molecule has 18 heavy (non-hydrogen) atoms. The molecule has 2 aromatic rings. The van der Waals surface area contributed by atoms with Crippen molar-refractivity contribution in [1.29, 1.82) is 0 Å². The first-order valence-electron chi connectivity index (χ1n) is 5.81. The summed E-state index contributed by atoms with van der Waals surface area (Å²) in [7, 11) is 0. The van der Waals surface area contributed by atoms with Gasteiger partial charge in [0.1, 0.15) is 5.82 Å². The molecule has 4 heteroatoms. The average molecular weight is 284 g/mol. The highest BCUT2D eigenvalue weighted by molar-refractivity contribution is 7.07. The zero-order valence-electron chi connectivity index (χ0n) is 10.3. The lowest BCUT2D eigenvalue weighted by Crippen LogP contribution is -2.22. The third kappa shape index (κ3) is 3.10. The van der Waals surface area contributed by atoms with Crippen LogP contribution in [-0.2, 0) is 0 Å². The fourth-order valence-electron chi connectivity index (χ4n) is 1.87. The van der Waals surface area contributed by atoms with Crippen LogP contribution in [0, 0.1) is 5.82 Å². The van der Waals surface area contributed by atoms with Crippen molar-refractivity contribution in [2.24, 2.45) is 0 Å². The lowest BCUT2D eigenvalue weighted by molar-refractivity contribution is 0.493. The fraction of sp³-hybridized carbons (Fsp3) is 0.286. The van der Waals surface area contributed by atoms with Gasteiger partial charge in [-0.2, -0.15) is 11.3 Å². The molecule has 1 heterocycles. The van der Waals surface area contributed by atoms with Crippen molar-refractivity contribution in [3.63, 3.8) is 0 Å². The summed E-state index contributed by atoms with van der Waals surface area (Å²) in [6, 6.07) is 7.35. The van der Waals surface area contributed by atoms with Crippen molar-refractivity contribution < 1.29 is 4.39 Å². The third-order valence-corrected chi connectivity index (χ3v) is 3.99. The van der Waals surface area contributed by atoms with Crippen molar-refractivity contribution >= 4 is 22.9 Å². The van der Waals surface area contributed by atoms with Gasteiger partial charge >= 0.3 is 0 Å². The molecule has 0 spiro atoms. The summed E-state index contributed by atoms with van der Waals surface area (Å²) in [6.07, 6.45) is 0. The van der Waals surface area contributed by atoms with E-state index in [9.17, 15) is 4.39 Å². The highest BCUT2D eigenvalue weighted by Crippen LogP contribution is 2.23. The summed E-state index contributed by atoms with van der Waals surface area (Å²) in [5, 5.41) is 7.78. The first kappa shape index (κ1) is 13.5. The summed E-state index contributed by atoms with van der Waals surface area (Å²) < 4.78 is 13.4. The van der Waals surface area contributed by atoms with E-state index in [0.717, 1.165) is 5.56 Å². The molecule has 0 aliphatic heterocycles. The van der Waals surface area contributed by atoms with E-state index in [-0.39, 0.29) is 22.9 Å². The van der Waals surface area contributed by atoms with Crippen LogP contribution in [0.4, 0.5) is 4.39 Å². The Morgan fingerprint density at radius 2 is 1.89 bits per heavy atom. The second-order valence-electron chi connectivity index (χ2n) is 4.34. The molecular weight excluding hydrogens is 269 g/mol. The minimum atomic E-state index is -0.369. The van der Waals surface area contributed by atoms with Gasteiger partial charge in [-0.1, -0.05) is 17.7 Å². The average Bonchev–Trinajstić information content (AvgIpc) is 2.86. The Balaban J connectivity index is 2.07. The molecule has 0 saturated carbocycles. The predicted molar refractivity (Wildman–Crippen MR) is 75.7 cm³/mol. The molecule has 1 aromatic carbocycles. The smallest absolute Gasteiger partial charge is 0.142 e. The molecule has 0 radical (unpaired) electrons. The van der Waals surface area contributed by atoms with E-state index >= 15 is 0 Å². The molecular formula is C14H15ClFNS. The molecule has 1 aromatic heterocycles. The van der Waals surface area contributed by atoms with Gasteiger partial charge in [-0.05, 0) is 53.9 Å². The van der Waals surface area contributed by atoms with E-state index in [1.807, 2.05) is 13.0 Å². The Kier molecular flexibility index (Phi) is 4.38. The standard InChI is InChI=1S/C14H15ClFNS/c1-9(11-3-4-13(15)14(16)7-11)17-10(2)12-5-6-18-8-12/h3-10,17H,1-2H3. The van der Waals surface area contributed by atoms with Crippen LogP contribution >= 0.6 is 22.9 Å². The quantitative estimate of drug-likeness (QED) is 0.837. The van der Waals surface area contributed by atoms with Crippen molar-refractivity contribution in [3.8, 4) is 0 Å². The minimum absolute atomic E-state index is 0.0756. The van der Waals surface area contributed by atoms with Gasteiger partial charge in [0.25, 0.3) is 0 Å². The molecule has 0 aliphatic carbocycles. The van der Waals surface area contributed by atoms with Gasteiger partial charge in [0.05, 0.1) is 5.02 Å². The molecule has 2 atom stereocenters. The molecule has 0 saturated heterocycles. The van der Waals surface area contributed by atoms with Gasteiger partial charge in [-0.25, -0.2) is 4.39 Å². The van der Waals surface area contributed by atoms with E-state index < -0.39 is 0 Å². The number of hydrogen-bond acceptors (Lipinski definition) is 2. The predicted octanol–water partition coefficient (Wildman–Crippen LogP) is 4.95. The van der Waals surface area contributed by atoms with Crippen molar-refractivity contribution in [3.05, 3.63) is 57.0 Å². The maximum Gasteiger partial charge on any atom is 0.142 e. The lowest BCUT2D eigenvalue weighted by atomic mass is 10.1. The first-order chi connectivity index (χ1) is 8.58. The monoisotopic (exact) mass is 283 g/mol. The van der Waals surface area contributed by atoms with Gasteiger partial charge in [0, 0.05) is 12.1 Å². The van der Waals surface area contributed by atoms with E-state index in [4.69, 9.17) is 11.6 Å². The van der Waals surface area contributed by atoms with Crippen molar-refractivity contribution in [2.75, 3.05) is 0 Å². The van der Waals surface area contributed by atoms with Crippen LogP contribution in [0.1, 0.15) is 37.1 Å². The second-order valence-corrected chi connectivity index (χ2v) is 5.53. The maximum atomic E-state index is 13.4. The van der Waals surface area contributed by atoms with Gasteiger partial charge in [0.15, 0.2) is 0 Å². The number of benzene rings is 1. The maximum absolute atomic E-state index is 13.4. The van der Waals surface area contributed by atoms with Crippen LogP contribution in [-0.4, -0.2) is 0 Å². The molecule has 1 N–H and O–H groups in total. The molecule has 96 valence electrons. The zero-order chi connectivity index (χ0) is 13.1. The van der Waals surface area contributed by atoms with E-state index in [0.29, 0.717) is 0 Å². The van der Waals surface area contributed by atoms with Gasteiger partial charge in [-0.3, -0.25) is 0 Å². The van der Waals surface area contributed by atoms with Crippen LogP contribution in [0.5, 0.6) is 0 Å². The van der Waals surface area contributed by atoms with Crippen molar-refractivity contribution in [2.45, 2.75) is 25.9 Å². The molecule has 0 amide bonds. The Labute approximate surface area is 116 Å². The molecule has 2 unspecified atom stereocenters. The third-order valence-electron chi connectivity index (χ3n) is 2.99. The molecule has 1 nitrogen and oxygen atoms in total. The highest BCUT2D eigenvalue weighted by Gasteiger charge is 2.12. The molecule has 0 aliphatic rings. The lowest BCUT2D eigenvalue weighted by Gasteiger charge is -2.20. The summed E-state index contributed by atoms with van der Waals surface area (Å²) in [5.74, 6) is -0.369. The Morgan fingerprint density at radius 3 is 2.50 bits per heavy atom. The topological polar surface area (TPSA) is 12.0 Å². The van der Waals surface area contributed by atoms with Gasteiger partial charge in [-0.15, -0.1) is 0 Å². The summed E-state index contributed by atoms with van der Waals surface area (Å²) in [6.45, 7) is 4.12. The van der Waals surface area contributed by atoms with Crippen LogP contribution in [0.2, 0.25) is 5.02 Å². The van der Waals surface area contributed by atoms with Crippen LogP contribution in [0.15, 0.2) is 35.0 Å². The number of halogens is 2. The van der Waals surface area contributed by atoms with Crippen molar-refractivity contribution in [1.82, 2.24) is 5.32 Å². The summed E-state index contributed by atoms with van der Waals surface area (Å²) in [5.41, 5.74) is 2.15. The minimum Gasteiger partial charge on any atom is -0.304 e. The normalized spacial score (nSPS) is 14.4. The Morgan fingerprint density at radius 1 is 1.17 bits per heavy atom. The van der Waals surface area contributed by atoms with Crippen LogP contribution in [0.3, 0.4) is 0 Å². The SMILES string of the molecule is CC(NC(C)c1ccc(Cl)c(F)c1)c1ccsc1. The summed E-state index contributed by atoms with van der Waals surface area (Å²) >= 11 is 7.36. The Hall–Kier alpha value is -0.900. The van der Waals surface area contributed by atoms with E-state index in [2.05, 4.69) is 29.1 Å². The second kappa shape index (κ2) is 5.83. The number of rotatable bonds is 4. The first-order valence-corrected chi connectivity index (χ1v) is 7.13. The van der Waals surface area contributed by atoms with Gasteiger partial charge < -0.3 is 5.32 Å². The fourth-order valence-corrected chi connectivity index (χ4v) is 2.74. The van der Waals surface area contributed by atoms with Gasteiger partial charge in [0.2, 0.25) is 0 Å². The number of hydrogen-bond donors (Lipinski definition) is 1. The zero-order valence-corrected chi connectivity index (χ0v) is 11.9. The van der Waals surface area contributed by atoms with E-state index in [1.165, 1.54) is 11.6 Å². The van der Waals surface area contributed by atoms with Crippen LogP contribution < -0.4 is 5.32 Å². The number of nitrogens with one attached hydrogen (secondary N) is 1.